The van der Waals surface area contributed by atoms with E-state index in [4.69, 9.17) is 0 Å². The van der Waals surface area contributed by atoms with Crippen molar-refractivity contribution in [1.82, 2.24) is 10.3 Å². The molecule has 4 heteroatoms. The molecule has 1 saturated carbocycles. The van der Waals surface area contributed by atoms with Crippen molar-refractivity contribution in [3.63, 3.8) is 0 Å². The molecule has 1 heterocycles. The molecular weight excluding hydrogens is 291 g/mol. The smallest absolute Gasteiger partial charge is 0.267 e. The lowest BCUT2D eigenvalue weighted by molar-refractivity contribution is 0.0935. The second-order valence-corrected chi connectivity index (χ2v) is 5.21. The maximum atomic E-state index is 11.7. The fourth-order valence-electron chi connectivity index (χ4n) is 1.80. The third-order valence-corrected chi connectivity index (χ3v) is 4.08. The molecule has 0 saturated heterocycles. The third kappa shape index (κ3) is 2.10. The number of carbonyl (C=O) groups is 1. The van der Waals surface area contributed by atoms with Crippen molar-refractivity contribution < 1.29 is 4.79 Å². The molecule has 0 bridgehead atoms. The molecule has 1 aliphatic rings. The minimum absolute atomic E-state index is 0.0172. The van der Waals surface area contributed by atoms with Gasteiger partial charge in [0.1, 0.15) is 5.69 Å². The van der Waals surface area contributed by atoms with Crippen molar-refractivity contribution >= 4 is 28.5 Å². The SMILES string of the molecule is O=C(N[C@H]1CCC[C@@H]1I)c1ccc[nH]1. The van der Waals surface area contributed by atoms with Gasteiger partial charge < -0.3 is 10.3 Å². The van der Waals surface area contributed by atoms with E-state index in [9.17, 15) is 4.79 Å². The van der Waals surface area contributed by atoms with Crippen LogP contribution >= 0.6 is 22.6 Å². The molecule has 0 radical (unpaired) electrons. The zero-order valence-corrected chi connectivity index (χ0v) is 9.95. The van der Waals surface area contributed by atoms with Crippen LogP contribution in [0.3, 0.4) is 0 Å². The number of alkyl halides is 1. The van der Waals surface area contributed by atoms with Crippen LogP contribution in [0.5, 0.6) is 0 Å². The molecule has 2 rings (SSSR count). The lowest BCUT2D eigenvalue weighted by Gasteiger charge is -2.15. The van der Waals surface area contributed by atoms with Gasteiger partial charge in [0.05, 0.1) is 0 Å². The standard InChI is InChI=1S/C10H13IN2O/c11-7-3-1-4-8(7)13-10(14)9-5-2-6-12-9/h2,5-8,12H,1,3-4H2,(H,13,14)/t7-,8-/m0/s1. The Bertz CT molecular complexity index is 310. The fourth-order valence-corrected chi connectivity index (χ4v) is 2.77. The Morgan fingerprint density at radius 1 is 1.57 bits per heavy atom. The van der Waals surface area contributed by atoms with Crippen LogP contribution in [-0.2, 0) is 0 Å². The summed E-state index contributed by atoms with van der Waals surface area (Å²) in [4.78, 5) is 14.6. The van der Waals surface area contributed by atoms with E-state index in [1.165, 1.54) is 12.8 Å². The van der Waals surface area contributed by atoms with Crippen molar-refractivity contribution in [2.45, 2.75) is 29.2 Å². The highest BCUT2D eigenvalue weighted by molar-refractivity contribution is 14.1. The quantitative estimate of drug-likeness (QED) is 0.638. The van der Waals surface area contributed by atoms with E-state index < -0.39 is 0 Å². The van der Waals surface area contributed by atoms with Crippen LogP contribution in [0.2, 0.25) is 0 Å². The summed E-state index contributed by atoms with van der Waals surface area (Å²) in [5, 5.41) is 3.05. The number of carbonyl (C=O) groups excluding carboxylic acids is 1. The van der Waals surface area contributed by atoms with Crippen molar-refractivity contribution in [2.24, 2.45) is 0 Å². The molecule has 0 spiro atoms. The van der Waals surface area contributed by atoms with Gasteiger partial charge in [0.2, 0.25) is 0 Å². The first-order valence-corrected chi connectivity index (χ1v) is 6.10. The van der Waals surface area contributed by atoms with Crippen LogP contribution < -0.4 is 5.32 Å². The predicted molar refractivity (Wildman–Crippen MR) is 63.7 cm³/mol. The van der Waals surface area contributed by atoms with Crippen LogP contribution in [0.15, 0.2) is 18.3 Å². The highest BCUT2D eigenvalue weighted by atomic mass is 127. The first-order valence-electron chi connectivity index (χ1n) is 4.85. The Kier molecular flexibility index (Phi) is 3.10. The highest BCUT2D eigenvalue weighted by Gasteiger charge is 2.26. The molecule has 1 aromatic rings. The minimum atomic E-state index is 0.0172. The molecule has 1 aliphatic carbocycles. The van der Waals surface area contributed by atoms with Gasteiger partial charge in [-0.3, -0.25) is 4.79 Å². The summed E-state index contributed by atoms with van der Waals surface area (Å²) >= 11 is 2.42. The van der Waals surface area contributed by atoms with E-state index in [0.29, 0.717) is 15.7 Å². The highest BCUT2D eigenvalue weighted by Crippen LogP contribution is 2.26. The number of aromatic nitrogens is 1. The Hall–Kier alpha value is -0.520. The van der Waals surface area contributed by atoms with Crippen LogP contribution in [0.4, 0.5) is 0 Å². The molecule has 1 amide bonds. The zero-order valence-electron chi connectivity index (χ0n) is 7.79. The summed E-state index contributed by atoms with van der Waals surface area (Å²) in [6, 6.07) is 3.99. The number of hydrogen-bond donors (Lipinski definition) is 2. The topological polar surface area (TPSA) is 44.9 Å². The van der Waals surface area contributed by atoms with Gasteiger partial charge in [0.25, 0.3) is 5.91 Å². The molecule has 2 atom stereocenters. The average molecular weight is 304 g/mol. The number of nitrogens with one attached hydrogen (secondary N) is 2. The van der Waals surface area contributed by atoms with E-state index >= 15 is 0 Å². The van der Waals surface area contributed by atoms with Crippen molar-refractivity contribution in [1.29, 1.82) is 0 Å². The molecule has 0 aromatic carbocycles. The van der Waals surface area contributed by atoms with Crippen LogP contribution in [0.25, 0.3) is 0 Å². The molecule has 0 unspecified atom stereocenters. The Morgan fingerprint density at radius 3 is 3.00 bits per heavy atom. The maximum Gasteiger partial charge on any atom is 0.267 e. The lowest BCUT2D eigenvalue weighted by Crippen LogP contribution is -2.37. The van der Waals surface area contributed by atoms with Crippen molar-refractivity contribution in [3.05, 3.63) is 24.0 Å². The molecule has 1 fully saturated rings. The van der Waals surface area contributed by atoms with E-state index in [1.807, 2.05) is 6.07 Å². The lowest BCUT2D eigenvalue weighted by atomic mass is 10.2. The van der Waals surface area contributed by atoms with Gasteiger partial charge in [-0.15, -0.1) is 0 Å². The molecule has 3 nitrogen and oxygen atoms in total. The Balaban J connectivity index is 1.95. The second-order valence-electron chi connectivity index (χ2n) is 3.61. The van der Waals surface area contributed by atoms with Gasteiger partial charge in [-0.05, 0) is 25.0 Å². The number of halogens is 1. The number of rotatable bonds is 2. The molecule has 0 aliphatic heterocycles. The fraction of sp³-hybridized carbons (Fsp3) is 0.500. The number of aromatic amines is 1. The van der Waals surface area contributed by atoms with Gasteiger partial charge in [-0.1, -0.05) is 29.0 Å². The van der Waals surface area contributed by atoms with E-state index in [1.54, 1.807) is 12.3 Å². The van der Waals surface area contributed by atoms with E-state index in [0.717, 1.165) is 6.42 Å². The first-order chi connectivity index (χ1) is 6.77. The van der Waals surface area contributed by atoms with Crippen LogP contribution in [0, 0.1) is 0 Å². The molecule has 1 aromatic heterocycles. The summed E-state index contributed by atoms with van der Waals surface area (Å²) in [7, 11) is 0. The number of amides is 1. The van der Waals surface area contributed by atoms with Crippen LogP contribution in [-0.4, -0.2) is 20.9 Å². The summed E-state index contributed by atoms with van der Waals surface area (Å²) in [5.74, 6) is 0.0172. The molecule has 14 heavy (non-hydrogen) atoms. The first kappa shape index (κ1) is 10.0. The predicted octanol–water partition coefficient (Wildman–Crippen LogP) is 2.10. The molecular formula is C10H13IN2O. The summed E-state index contributed by atoms with van der Waals surface area (Å²) in [6.07, 6.45) is 5.32. The zero-order chi connectivity index (χ0) is 9.97. The summed E-state index contributed by atoms with van der Waals surface area (Å²) < 4.78 is 0.589. The van der Waals surface area contributed by atoms with Crippen molar-refractivity contribution in [2.75, 3.05) is 0 Å². The molecule has 76 valence electrons. The van der Waals surface area contributed by atoms with Gasteiger partial charge >= 0.3 is 0 Å². The Morgan fingerprint density at radius 2 is 2.43 bits per heavy atom. The summed E-state index contributed by atoms with van der Waals surface area (Å²) in [5.41, 5.74) is 0.653. The number of H-pyrrole nitrogens is 1. The number of hydrogen-bond acceptors (Lipinski definition) is 1. The van der Waals surface area contributed by atoms with Gasteiger partial charge in [0.15, 0.2) is 0 Å². The average Bonchev–Trinajstić information content (AvgIpc) is 2.77. The summed E-state index contributed by atoms with van der Waals surface area (Å²) in [6.45, 7) is 0. The third-order valence-electron chi connectivity index (χ3n) is 2.59. The van der Waals surface area contributed by atoms with Gasteiger partial charge in [0, 0.05) is 16.2 Å². The van der Waals surface area contributed by atoms with Gasteiger partial charge in [-0.25, -0.2) is 0 Å². The van der Waals surface area contributed by atoms with E-state index in [-0.39, 0.29) is 5.91 Å². The van der Waals surface area contributed by atoms with Crippen molar-refractivity contribution in [3.8, 4) is 0 Å². The normalized spacial score (nSPS) is 26.4. The van der Waals surface area contributed by atoms with Crippen LogP contribution in [0.1, 0.15) is 29.8 Å². The monoisotopic (exact) mass is 304 g/mol. The molecule has 2 N–H and O–H groups in total. The maximum absolute atomic E-state index is 11.7. The largest absolute Gasteiger partial charge is 0.357 e. The second kappa shape index (κ2) is 4.33. The van der Waals surface area contributed by atoms with Gasteiger partial charge in [-0.2, -0.15) is 0 Å². The minimum Gasteiger partial charge on any atom is -0.357 e. The van der Waals surface area contributed by atoms with E-state index in [2.05, 4.69) is 32.9 Å². The Labute approximate surface area is 96.8 Å².